The molecule has 0 saturated heterocycles. The molecule has 0 unspecified atom stereocenters. The quantitative estimate of drug-likeness (QED) is 0.498. The molecule has 0 spiro atoms. The molecular formula is C16H12INO. The minimum absolute atomic E-state index is 0.0242. The van der Waals surface area contributed by atoms with Gasteiger partial charge < -0.3 is 0 Å². The van der Waals surface area contributed by atoms with Crippen molar-refractivity contribution in [2.45, 2.75) is 6.92 Å². The maximum Gasteiger partial charge on any atom is 0.267 e. The van der Waals surface area contributed by atoms with Crippen LogP contribution in [0.15, 0.2) is 48.5 Å². The maximum absolute atomic E-state index is 12.6. The normalized spacial score (nSPS) is 16.8. The third kappa shape index (κ3) is 2.08. The van der Waals surface area contributed by atoms with Crippen molar-refractivity contribution in [2.24, 2.45) is 0 Å². The Balaban J connectivity index is 2.32. The molecule has 0 radical (unpaired) electrons. The summed E-state index contributed by atoms with van der Waals surface area (Å²) in [5, 5.41) is 0. The summed E-state index contributed by atoms with van der Waals surface area (Å²) in [6.07, 6.45) is 2.13. The SMILES string of the molecule is C/C1=C/c2ccccc2N(I)C(=O)c2ccccc21. The molecule has 1 amide bonds. The van der Waals surface area contributed by atoms with Gasteiger partial charge in [-0.15, -0.1) is 0 Å². The summed E-state index contributed by atoms with van der Waals surface area (Å²) in [4.78, 5) is 12.6. The summed E-state index contributed by atoms with van der Waals surface area (Å²) in [6.45, 7) is 2.05. The highest BCUT2D eigenvalue weighted by molar-refractivity contribution is 14.1. The van der Waals surface area contributed by atoms with Gasteiger partial charge in [-0.3, -0.25) is 4.79 Å². The zero-order valence-corrected chi connectivity index (χ0v) is 12.6. The third-order valence-corrected chi connectivity index (χ3v) is 4.24. The molecule has 2 aromatic carbocycles. The number of carbonyl (C=O) groups excluding carboxylic acids is 1. The monoisotopic (exact) mass is 361 g/mol. The van der Waals surface area contributed by atoms with Crippen molar-refractivity contribution in [3.63, 3.8) is 0 Å². The lowest BCUT2D eigenvalue weighted by atomic mass is 9.96. The van der Waals surface area contributed by atoms with Crippen LogP contribution >= 0.6 is 22.9 Å². The minimum atomic E-state index is 0.0242. The maximum atomic E-state index is 12.6. The molecule has 0 saturated carbocycles. The molecule has 19 heavy (non-hydrogen) atoms. The van der Waals surface area contributed by atoms with Crippen LogP contribution in [0, 0.1) is 0 Å². The van der Waals surface area contributed by atoms with Crippen LogP contribution in [-0.2, 0) is 0 Å². The van der Waals surface area contributed by atoms with Crippen molar-refractivity contribution in [1.29, 1.82) is 0 Å². The lowest BCUT2D eigenvalue weighted by molar-refractivity contribution is 0.101. The number of hydrogen-bond donors (Lipinski definition) is 0. The fourth-order valence-corrected chi connectivity index (χ4v) is 3.03. The number of halogens is 1. The zero-order valence-electron chi connectivity index (χ0n) is 10.4. The first-order valence-corrected chi connectivity index (χ1v) is 7.02. The minimum Gasteiger partial charge on any atom is -0.268 e. The van der Waals surface area contributed by atoms with Crippen molar-refractivity contribution in [3.8, 4) is 0 Å². The number of amides is 1. The number of hydrogen-bond acceptors (Lipinski definition) is 1. The number of para-hydroxylation sites is 1. The highest BCUT2D eigenvalue weighted by Crippen LogP contribution is 2.33. The van der Waals surface area contributed by atoms with Crippen LogP contribution in [0.5, 0.6) is 0 Å². The zero-order chi connectivity index (χ0) is 13.4. The Hall–Kier alpha value is -1.62. The van der Waals surface area contributed by atoms with Crippen molar-refractivity contribution in [1.82, 2.24) is 0 Å². The van der Waals surface area contributed by atoms with Gasteiger partial charge in [-0.2, -0.15) is 0 Å². The smallest absolute Gasteiger partial charge is 0.267 e. The van der Waals surface area contributed by atoms with E-state index in [0.29, 0.717) is 0 Å². The number of carbonyl (C=O) groups is 1. The van der Waals surface area contributed by atoms with Crippen LogP contribution in [0.4, 0.5) is 5.69 Å². The molecule has 1 aliphatic heterocycles. The van der Waals surface area contributed by atoms with Gasteiger partial charge in [0.1, 0.15) is 0 Å². The fraction of sp³-hybridized carbons (Fsp3) is 0.0625. The summed E-state index contributed by atoms with van der Waals surface area (Å²) >= 11 is 2.07. The second-order valence-electron chi connectivity index (χ2n) is 4.52. The first-order chi connectivity index (χ1) is 9.18. The standard InChI is InChI=1S/C16H12INO/c1-11-10-12-6-2-5-9-15(12)18(17)16(19)14-8-4-3-7-13(11)14/h2-10H,1H3/b11-10-. The Bertz CT molecular complexity index is 691. The number of nitrogens with zero attached hydrogens (tertiary/aromatic N) is 1. The van der Waals surface area contributed by atoms with Gasteiger partial charge in [-0.25, -0.2) is 3.11 Å². The van der Waals surface area contributed by atoms with Gasteiger partial charge in [0.05, 0.1) is 28.6 Å². The van der Waals surface area contributed by atoms with Gasteiger partial charge in [0.25, 0.3) is 5.91 Å². The van der Waals surface area contributed by atoms with Gasteiger partial charge >= 0.3 is 0 Å². The van der Waals surface area contributed by atoms with Crippen molar-refractivity contribution < 1.29 is 4.79 Å². The molecule has 0 aromatic heterocycles. The molecule has 3 rings (SSSR count). The molecule has 1 heterocycles. The Kier molecular flexibility index (Phi) is 3.14. The fourth-order valence-electron chi connectivity index (χ4n) is 2.33. The topological polar surface area (TPSA) is 20.3 Å². The highest BCUT2D eigenvalue weighted by Gasteiger charge is 2.22. The summed E-state index contributed by atoms with van der Waals surface area (Å²) in [5.41, 5.74) is 4.86. The van der Waals surface area contributed by atoms with Crippen LogP contribution in [0.2, 0.25) is 0 Å². The van der Waals surface area contributed by atoms with Crippen LogP contribution < -0.4 is 3.11 Å². The average Bonchev–Trinajstić information content (AvgIpc) is 2.45. The Morgan fingerprint density at radius 2 is 1.58 bits per heavy atom. The highest BCUT2D eigenvalue weighted by atomic mass is 127. The Morgan fingerprint density at radius 3 is 2.37 bits per heavy atom. The van der Waals surface area contributed by atoms with Gasteiger partial charge in [0, 0.05) is 5.56 Å². The van der Waals surface area contributed by atoms with E-state index in [4.69, 9.17) is 0 Å². The molecule has 0 bridgehead atoms. The van der Waals surface area contributed by atoms with Crippen LogP contribution in [0.25, 0.3) is 11.6 Å². The van der Waals surface area contributed by atoms with Crippen LogP contribution in [0.3, 0.4) is 0 Å². The van der Waals surface area contributed by atoms with E-state index in [2.05, 4.69) is 28.9 Å². The second-order valence-corrected chi connectivity index (χ2v) is 5.48. The van der Waals surface area contributed by atoms with E-state index in [1.54, 1.807) is 3.11 Å². The molecular weight excluding hydrogens is 349 g/mol. The summed E-state index contributed by atoms with van der Waals surface area (Å²) in [7, 11) is 0. The first kappa shape index (κ1) is 12.4. The van der Waals surface area contributed by atoms with Crippen LogP contribution in [0.1, 0.15) is 28.4 Å². The van der Waals surface area contributed by atoms with E-state index < -0.39 is 0 Å². The van der Waals surface area contributed by atoms with Crippen molar-refractivity contribution >= 4 is 46.1 Å². The Morgan fingerprint density at radius 1 is 0.947 bits per heavy atom. The summed E-state index contributed by atoms with van der Waals surface area (Å²) in [5.74, 6) is 0.0242. The molecule has 2 aromatic rings. The van der Waals surface area contributed by atoms with E-state index in [9.17, 15) is 4.79 Å². The molecule has 0 fully saturated rings. The van der Waals surface area contributed by atoms with E-state index in [1.165, 1.54) is 0 Å². The van der Waals surface area contributed by atoms with Gasteiger partial charge in [0.2, 0.25) is 0 Å². The number of anilines is 1. The molecule has 0 atom stereocenters. The molecule has 2 nitrogen and oxygen atoms in total. The van der Waals surface area contributed by atoms with E-state index >= 15 is 0 Å². The number of allylic oxidation sites excluding steroid dienone is 1. The van der Waals surface area contributed by atoms with E-state index in [0.717, 1.165) is 28.0 Å². The predicted molar refractivity (Wildman–Crippen MR) is 87.3 cm³/mol. The first-order valence-electron chi connectivity index (χ1n) is 6.05. The molecule has 3 heteroatoms. The lowest BCUT2D eigenvalue weighted by Gasteiger charge is -2.22. The molecule has 94 valence electrons. The van der Waals surface area contributed by atoms with E-state index in [-0.39, 0.29) is 5.91 Å². The average molecular weight is 361 g/mol. The predicted octanol–water partition coefficient (Wildman–Crippen LogP) is 4.56. The lowest BCUT2D eigenvalue weighted by Crippen LogP contribution is -2.22. The van der Waals surface area contributed by atoms with Crippen molar-refractivity contribution in [3.05, 3.63) is 65.2 Å². The van der Waals surface area contributed by atoms with Gasteiger partial charge in [-0.05, 0) is 41.8 Å². The Labute approximate surface area is 126 Å². The van der Waals surface area contributed by atoms with Gasteiger partial charge in [-0.1, -0.05) is 36.4 Å². The second kappa shape index (κ2) is 4.81. The number of rotatable bonds is 0. The molecule has 0 aliphatic carbocycles. The van der Waals surface area contributed by atoms with Crippen molar-refractivity contribution in [2.75, 3.05) is 3.11 Å². The summed E-state index contributed by atoms with van der Waals surface area (Å²) in [6, 6.07) is 15.7. The summed E-state index contributed by atoms with van der Waals surface area (Å²) < 4.78 is 1.69. The molecule has 0 N–H and O–H groups in total. The van der Waals surface area contributed by atoms with E-state index in [1.807, 2.05) is 55.5 Å². The largest absolute Gasteiger partial charge is 0.268 e. The number of fused-ring (bicyclic) bond motifs is 2. The molecule has 1 aliphatic rings. The number of benzene rings is 2. The van der Waals surface area contributed by atoms with Crippen LogP contribution in [-0.4, -0.2) is 5.91 Å². The third-order valence-electron chi connectivity index (χ3n) is 3.28. The van der Waals surface area contributed by atoms with Gasteiger partial charge in [0.15, 0.2) is 0 Å².